The van der Waals surface area contributed by atoms with Crippen LogP contribution in [0.1, 0.15) is 5.69 Å². The maximum absolute atomic E-state index is 4.04. The van der Waals surface area contributed by atoms with Gasteiger partial charge in [0.05, 0.1) is 15.4 Å². The zero-order valence-electron chi connectivity index (χ0n) is 4.29. The number of thiazole rings is 1. The van der Waals surface area contributed by atoms with Gasteiger partial charge < -0.3 is 0 Å². The highest BCUT2D eigenvalue weighted by atomic mass is 33.1. The molecule has 0 aliphatic rings. The van der Waals surface area contributed by atoms with Gasteiger partial charge in [0.2, 0.25) is 0 Å². The van der Waals surface area contributed by atoms with E-state index in [0.29, 0.717) is 0 Å². The van der Waals surface area contributed by atoms with Crippen molar-refractivity contribution in [2.45, 2.75) is 11.1 Å². The highest BCUT2D eigenvalue weighted by molar-refractivity contribution is 8.69. The highest BCUT2D eigenvalue weighted by Gasteiger charge is 1.96. The van der Waals surface area contributed by atoms with Crippen molar-refractivity contribution >= 4 is 33.8 Å². The van der Waals surface area contributed by atoms with Crippen LogP contribution in [0.2, 0.25) is 0 Å². The van der Waals surface area contributed by atoms with Crippen molar-refractivity contribution < 1.29 is 0 Å². The van der Waals surface area contributed by atoms with Crippen molar-refractivity contribution in [3.05, 3.63) is 11.2 Å². The van der Waals surface area contributed by atoms with Gasteiger partial charge in [0.1, 0.15) is 0 Å². The van der Waals surface area contributed by atoms with Gasteiger partial charge in [0, 0.05) is 0 Å². The summed E-state index contributed by atoms with van der Waals surface area (Å²) in [5, 5.41) is 0. The van der Waals surface area contributed by atoms with Crippen molar-refractivity contribution in [2.24, 2.45) is 0 Å². The van der Waals surface area contributed by atoms with E-state index in [1.807, 2.05) is 12.4 Å². The summed E-state index contributed by atoms with van der Waals surface area (Å²) in [7, 11) is 1.45. The first-order valence-electron chi connectivity index (χ1n) is 2.06. The van der Waals surface area contributed by atoms with Crippen molar-refractivity contribution in [2.75, 3.05) is 0 Å². The monoisotopic (exact) mass is 163 g/mol. The number of hydrogen-bond acceptors (Lipinski definition) is 4. The van der Waals surface area contributed by atoms with Crippen LogP contribution < -0.4 is 0 Å². The molecule has 1 nitrogen and oxygen atoms in total. The topological polar surface area (TPSA) is 12.9 Å². The maximum atomic E-state index is 4.04. The van der Waals surface area contributed by atoms with Crippen LogP contribution in [0.4, 0.5) is 0 Å². The van der Waals surface area contributed by atoms with Crippen molar-refractivity contribution in [3.8, 4) is 0 Å². The lowest BCUT2D eigenvalue weighted by Gasteiger charge is -1.84. The van der Waals surface area contributed by atoms with E-state index in [1.165, 1.54) is 15.0 Å². The Bertz CT molecular complexity index is 172. The fourth-order valence-corrected chi connectivity index (χ4v) is 2.18. The van der Waals surface area contributed by atoms with Gasteiger partial charge in [-0.3, -0.25) is 0 Å². The minimum absolute atomic E-state index is 1.08. The van der Waals surface area contributed by atoms with Crippen LogP contribution >= 0.6 is 33.8 Å². The van der Waals surface area contributed by atoms with E-state index in [0.717, 1.165) is 5.69 Å². The van der Waals surface area contributed by atoms with Gasteiger partial charge in [0.25, 0.3) is 0 Å². The van der Waals surface area contributed by atoms with E-state index in [-0.39, 0.29) is 0 Å². The molecule has 0 amide bonds. The van der Waals surface area contributed by atoms with E-state index >= 15 is 0 Å². The summed E-state index contributed by atoms with van der Waals surface area (Å²) in [4.78, 5) is 4.04. The molecule has 0 aliphatic carbocycles. The second kappa shape index (κ2) is 2.75. The minimum Gasteiger partial charge on any atom is -0.249 e. The molecule has 0 fully saturated rings. The van der Waals surface area contributed by atoms with Crippen molar-refractivity contribution in [1.82, 2.24) is 4.98 Å². The third kappa shape index (κ3) is 1.18. The molecule has 0 unspecified atom stereocenters. The molecule has 0 bridgehead atoms. The number of aromatic nitrogens is 1. The van der Waals surface area contributed by atoms with Gasteiger partial charge in [-0.15, -0.1) is 23.0 Å². The maximum Gasteiger partial charge on any atom is 0.0931 e. The first-order valence-corrected chi connectivity index (χ1v) is 4.81. The molecular formula is C4H5NS3. The Labute approximate surface area is 61.3 Å². The van der Waals surface area contributed by atoms with Crippen LogP contribution in [0.25, 0.3) is 0 Å². The summed E-state index contributed by atoms with van der Waals surface area (Å²) in [5.41, 5.74) is 2.91. The van der Waals surface area contributed by atoms with Crippen molar-refractivity contribution in [1.29, 1.82) is 0 Å². The number of thiol groups is 1. The van der Waals surface area contributed by atoms with Crippen LogP contribution in [0, 0.1) is 6.92 Å². The van der Waals surface area contributed by atoms with Crippen LogP contribution in [0.3, 0.4) is 0 Å². The zero-order valence-corrected chi connectivity index (χ0v) is 6.82. The zero-order chi connectivity index (χ0) is 5.98. The van der Waals surface area contributed by atoms with Crippen LogP contribution in [0.15, 0.2) is 9.72 Å². The fourth-order valence-electron chi connectivity index (χ4n) is 0.379. The van der Waals surface area contributed by atoms with Gasteiger partial charge in [-0.25, -0.2) is 4.98 Å². The first kappa shape index (κ1) is 6.45. The van der Waals surface area contributed by atoms with E-state index in [2.05, 4.69) is 16.6 Å². The Morgan fingerprint density at radius 1 is 1.88 bits per heavy atom. The van der Waals surface area contributed by atoms with Crippen molar-refractivity contribution in [3.63, 3.8) is 0 Å². The van der Waals surface area contributed by atoms with Gasteiger partial charge in [-0.2, -0.15) is 0 Å². The molecule has 0 aliphatic heterocycles. The lowest BCUT2D eigenvalue weighted by Crippen LogP contribution is -1.66. The largest absolute Gasteiger partial charge is 0.249 e. The number of hydrogen-bond donors (Lipinski definition) is 1. The van der Waals surface area contributed by atoms with E-state index in [9.17, 15) is 0 Å². The highest BCUT2D eigenvalue weighted by Crippen LogP contribution is 2.28. The molecule has 0 aromatic carbocycles. The molecule has 44 valence electrons. The average Bonchev–Trinajstić information content (AvgIpc) is 2.14. The average molecular weight is 163 g/mol. The molecule has 1 aromatic heterocycles. The summed E-state index contributed by atoms with van der Waals surface area (Å²) in [6.07, 6.45) is 0. The van der Waals surface area contributed by atoms with E-state index < -0.39 is 0 Å². The smallest absolute Gasteiger partial charge is 0.0931 e. The predicted molar refractivity (Wildman–Crippen MR) is 41.7 cm³/mol. The predicted octanol–water partition coefficient (Wildman–Crippen LogP) is 2.39. The first-order chi connectivity index (χ1) is 3.84. The summed E-state index contributed by atoms with van der Waals surface area (Å²) in [5.74, 6) is 0. The third-order valence-corrected chi connectivity index (χ3v) is 3.42. The van der Waals surface area contributed by atoms with Crippen LogP contribution in [0.5, 0.6) is 0 Å². The Hall–Kier alpha value is 0.330. The third-order valence-electron chi connectivity index (χ3n) is 0.784. The summed E-state index contributed by atoms with van der Waals surface area (Å²) < 4.78 is 1.19. The van der Waals surface area contributed by atoms with Gasteiger partial charge >= 0.3 is 0 Å². The number of nitrogens with zero attached hydrogens (tertiary/aromatic N) is 1. The number of rotatable bonds is 1. The lowest BCUT2D eigenvalue weighted by molar-refractivity contribution is 1.21. The molecule has 8 heavy (non-hydrogen) atoms. The normalized spacial score (nSPS) is 9.75. The molecule has 1 aromatic rings. The summed E-state index contributed by atoms with van der Waals surface area (Å²) in [6.45, 7) is 1.98. The molecule has 0 saturated heterocycles. The standard InChI is InChI=1S/C4H5NS3/c1-3-4(8-6)7-2-5-3/h2,6H,1H3. The van der Waals surface area contributed by atoms with Gasteiger partial charge in [0.15, 0.2) is 0 Å². The molecule has 0 spiro atoms. The Morgan fingerprint density at radius 3 is 2.88 bits per heavy atom. The van der Waals surface area contributed by atoms with Gasteiger partial charge in [-0.05, 0) is 17.7 Å². The summed E-state index contributed by atoms with van der Waals surface area (Å²) >= 11 is 5.66. The van der Waals surface area contributed by atoms with E-state index in [4.69, 9.17) is 0 Å². The number of aryl methyl sites for hydroxylation is 1. The Kier molecular flexibility index (Phi) is 2.22. The molecule has 4 heteroatoms. The quantitative estimate of drug-likeness (QED) is 0.504. The molecule has 0 radical (unpaired) electrons. The second-order valence-electron chi connectivity index (χ2n) is 1.32. The van der Waals surface area contributed by atoms with Crippen LogP contribution in [-0.2, 0) is 0 Å². The second-order valence-corrected chi connectivity index (χ2v) is 3.57. The Balaban J connectivity index is 2.92. The Morgan fingerprint density at radius 2 is 2.62 bits per heavy atom. The van der Waals surface area contributed by atoms with E-state index in [1.54, 1.807) is 11.3 Å². The summed E-state index contributed by atoms with van der Waals surface area (Å²) in [6, 6.07) is 0. The molecule has 1 rings (SSSR count). The molecule has 0 saturated carbocycles. The molecule has 1 heterocycles. The lowest BCUT2D eigenvalue weighted by atomic mass is 10.6. The molecule has 0 N–H and O–H groups in total. The SMILES string of the molecule is Cc1ncsc1SS. The fraction of sp³-hybridized carbons (Fsp3) is 0.250. The molecule has 0 atom stereocenters. The van der Waals surface area contributed by atoms with Gasteiger partial charge in [-0.1, -0.05) is 0 Å². The van der Waals surface area contributed by atoms with Crippen LogP contribution in [-0.4, -0.2) is 4.98 Å². The molecular weight excluding hydrogens is 158 g/mol. The minimum atomic E-state index is 1.08.